The van der Waals surface area contributed by atoms with Crippen molar-refractivity contribution in [2.45, 2.75) is 51.5 Å². The third kappa shape index (κ3) is 3.87. The number of aromatic nitrogens is 5. The van der Waals surface area contributed by atoms with Gasteiger partial charge in [0.2, 0.25) is 5.91 Å². The highest BCUT2D eigenvalue weighted by Gasteiger charge is 2.28. The van der Waals surface area contributed by atoms with Crippen LogP contribution in [0.3, 0.4) is 0 Å². The number of hydrogen-bond acceptors (Lipinski definition) is 5. The van der Waals surface area contributed by atoms with Crippen molar-refractivity contribution in [1.82, 2.24) is 24.4 Å². The number of fused-ring (bicyclic) bond motifs is 1. The van der Waals surface area contributed by atoms with E-state index in [0.717, 1.165) is 29.3 Å². The van der Waals surface area contributed by atoms with Crippen molar-refractivity contribution >= 4 is 17.1 Å². The SMILES string of the molecule is CC(C)c1nn(CC(=O)Nc2ccnc(C(F)F)c2)c(=O)c2cc(C3CC3)nn12. The molecule has 1 amide bonds. The summed E-state index contributed by atoms with van der Waals surface area (Å²) >= 11 is 0. The van der Waals surface area contributed by atoms with Crippen LogP contribution in [-0.2, 0) is 11.3 Å². The van der Waals surface area contributed by atoms with Crippen molar-refractivity contribution in [2.24, 2.45) is 0 Å². The molecule has 3 aromatic rings. The van der Waals surface area contributed by atoms with Crippen LogP contribution in [0.2, 0.25) is 0 Å². The molecule has 1 aliphatic rings. The summed E-state index contributed by atoms with van der Waals surface area (Å²) in [7, 11) is 0. The quantitative estimate of drug-likeness (QED) is 0.684. The molecule has 4 rings (SSSR count). The van der Waals surface area contributed by atoms with E-state index in [9.17, 15) is 18.4 Å². The molecule has 152 valence electrons. The van der Waals surface area contributed by atoms with Gasteiger partial charge in [0, 0.05) is 23.7 Å². The second-order valence-corrected chi connectivity index (χ2v) is 7.43. The number of alkyl halides is 2. The van der Waals surface area contributed by atoms with Crippen LogP contribution in [0.5, 0.6) is 0 Å². The van der Waals surface area contributed by atoms with Crippen LogP contribution in [0.25, 0.3) is 5.52 Å². The first kappa shape index (κ1) is 19.2. The van der Waals surface area contributed by atoms with Crippen LogP contribution < -0.4 is 10.9 Å². The van der Waals surface area contributed by atoms with E-state index in [2.05, 4.69) is 20.5 Å². The molecule has 29 heavy (non-hydrogen) atoms. The number of carbonyl (C=O) groups excluding carboxylic acids is 1. The zero-order valence-electron chi connectivity index (χ0n) is 16.0. The fraction of sp³-hybridized carbons (Fsp3) is 0.421. The highest BCUT2D eigenvalue weighted by molar-refractivity contribution is 5.90. The molecule has 1 aliphatic carbocycles. The van der Waals surface area contributed by atoms with Gasteiger partial charge in [-0.3, -0.25) is 14.6 Å². The minimum Gasteiger partial charge on any atom is -0.324 e. The highest BCUT2D eigenvalue weighted by atomic mass is 19.3. The lowest BCUT2D eigenvalue weighted by Gasteiger charge is -2.12. The van der Waals surface area contributed by atoms with E-state index >= 15 is 0 Å². The van der Waals surface area contributed by atoms with Gasteiger partial charge in [0.1, 0.15) is 17.8 Å². The number of carbonyl (C=O) groups is 1. The molecule has 1 saturated carbocycles. The zero-order valence-corrected chi connectivity index (χ0v) is 16.0. The largest absolute Gasteiger partial charge is 0.324 e. The molecule has 1 fully saturated rings. The molecule has 0 bridgehead atoms. The molecule has 8 nitrogen and oxygen atoms in total. The first-order chi connectivity index (χ1) is 13.8. The molecular formula is C19H20F2N6O2. The van der Waals surface area contributed by atoms with E-state index in [1.54, 1.807) is 10.6 Å². The minimum atomic E-state index is -2.74. The van der Waals surface area contributed by atoms with Gasteiger partial charge >= 0.3 is 0 Å². The molecule has 0 spiro atoms. The van der Waals surface area contributed by atoms with Crippen LogP contribution in [0.4, 0.5) is 14.5 Å². The van der Waals surface area contributed by atoms with E-state index in [1.807, 2.05) is 13.8 Å². The predicted molar refractivity (Wildman–Crippen MR) is 101 cm³/mol. The predicted octanol–water partition coefficient (Wildman–Crippen LogP) is 2.86. The van der Waals surface area contributed by atoms with Crippen molar-refractivity contribution in [3.8, 4) is 0 Å². The first-order valence-electron chi connectivity index (χ1n) is 9.38. The van der Waals surface area contributed by atoms with Gasteiger partial charge in [0.15, 0.2) is 5.82 Å². The maximum atomic E-state index is 12.8. The van der Waals surface area contributed by atoms with Gasteiger partial charge in [0.05, 0.1) is 5.69 Å². The smallest absolute Gasteiger partial charge is 0.293 e. The van der Waals surface area contributed by atoms with Crippen molar-refractivity contribution in [1.29, 1.82) is 0 Å². The van der Waals surface area contributed by atoms with Crippen molar-refractivity contribution in [3.05, 3.63) is 52.0 Å². The van der Waals surface area contributed by atoms with Crippen LogP contribution in [0.15, 0.2) is 29.2 Å². The Bertz CT molecular complexity index is 1130. The molecular weight excluding hydrogens is 382 g/mol. The standard InChI is InChI=1S/C19H20F2N6O2/c1-10(2)18-25-26(19(29)15-8-13(11-3-4-11)24-27(15)18)9-16(28)23-12-5-6-22-14(7-12)17(20)21/h5-8,10-11,17H,3-4,9H2,1-2H3,(H,22,23,28). The van der Waals surface area contributed by atoms with E-state index in [4.69, 9.17) is 0 Å². The molecule has 0 radical (unpaired) electrons. The Hall–Kier alpha value is -3.17. The van der Waals surface area contributed by atoms with Crippen LogP contribution >= 0.6 is 0 Å². The molecule has 0 unspecified atom stereocenters. The van der Waals surface area contributed by atoms with E-state index in [1.165, 1.54) is 12.3 Å². The maximum Gasteiger partial charge on any atom is 0.293 e. The molecule has 1 N–H and O–H groups in total. The summed E-state index contributed by atoms with van der Waals surface area (Å²) in [5, 5.41) is 11.4. The Labute approximate surface area is 164 Å². The van der Waals surface area contributed by atoms with Gasteiger partial charge in [-0.05, 0) is 31.0 Å². The number of hydrogen-bond donors (Lipinski definition) is 1. The summed E-state index contributed by atoms with van der Waals surface area (Å²) in [5.74, 6) is 0.380. The average molecular weight is 402 g/mol. The van der Waals surface area contributed by atoms with E-state index < -0.39 is 23.6 Å². The zero-order chi connectivity index (χ0) is 20.7. The summed E-state index contributed by atoms with van der Waals surface area (Å²) in [4.78, 5) is 28.8. The van der Waals surface area contributed by atoms with Crippen LogP contribution in [-0.4, -0.2) is 30.3 Å². The summed E-state index contributed by atoms with van der Waals surface area (Å²) in [6.45, 7) is 3.52. The summed E-state index contributed by atoms with van der Waals surface area (Å²) < 4.78 is 28.2. The van der Waals surface area contributed by atoms with Crippen molar-refractivity contribution in [3.63, 3.8) is 0 Å². The number of nitrogens with one attached hydrogen (secondary N) is 1. The monoisotopic (exact) mass is 402 g/mol. The molecule has 0 aromatic carbocycles. The van der Waals surface area contributed by atoms with Crippen molar-refractivity contribution < 1.29 is 13.6 Å². The van der Waals surface area contributed by atoms with E-state index in [-0.39, 0.29) is 18.2 Å². The minimum absolute atomic E-state index is 0.0202. The summed E-state index contributed by atoms with van der Waals surface area (Å²) in [6, 6.07) is 4.27. The number of anilines is 1. The highest BCUT2D eigenvalue weighted by Crippen LogP contribution is 2.39. The lowest BCUT2D eigenvalue weighted by atomic mass is 10.2. The number of pyridine rings is 1. The number of rotatable bonds is 6. The van der Waals surface area contributed by atoms with E-state index in [0.29, 0.717) is 17.3 Å². The lowest BCUT2D eigenvalue weighted by molar-refractivity contribution is -0.117. The van der Waals surface area contributed by atoms with Gasteiger partial charge in [0.25, 0.3) is 12.0 Å². The third-order valence-electron chi connectivity index (χ3n) is 4.72. The Morgan fingerprint density at radius 3 is 2.69 bits per heavy atom. The molecule has 3 heterocycles. The van der Waals surface area contributed by atoms with Gasteiger partial charge in [-0.2, -0.15) is 10.2 Å². The second-order valence-electron chi connectivity index (χ2n) is 7.43. The average Bonchev–Trinajstić information content (AvgIpc) is 3.42. The van der Waals surface area contributed by atoms with Gasteiger partial charge in [-0.25, -0.2) is 18.0 Å². The fourth-order valence-electron chi connectivity index (χ4n) is 3.10. The fourth-order valence-corrected chi connectivity index (χ4v) is 3.10. The second kappa shape index (κ2) is 7.34. The molecule has 10 heteroatoms. The normalized spacial score (nSPS) is 14.1. The molecule has 3 aromatic heterocycles. The molecule has 0 saturated heterocycles. The van der Waals surface area contributed by atoms with Gasteiger partial charge in [-0.1, -0.05) is 13.8 Å². The molecule has 0 atom stereocenters. The maximum absolute atomic E-state index is 12.8. The summed E-state index contributed by atoms with van der Waals surface area (Å²) in [6.07, 6.45) is 0.556. The van der Waals surface area contributed by atoms with Gasteiger partial charge in [-0.15, -0.1) is 0 Å². The van der Waals surface area contributed by atoms with Gasteiger partial charge < -0.3 is 5.32 Å². The Morgan fingerprint density at radius 1 is 1.28 bits per heavy atom. The Balaban J connectivity index is 1.63. The Morgan fingerprint density at radius 2 is 2.03 bits per heavy atom. The first-order valence-corrected chi connectivity index (χ1v) is 9.38. The number of halogens is 2. The number of nitrogens with zero attached hydrogens (tertiary/aromatic N) is 5. The summed E-state index contributed by atoms with van der Waals surface area (Å²) in [5.41, 5.74) is 0.561. The number of amides is 1. The lowest BCUT2D eigenvalue weighted by Crippen LogP contribution is -2.32. The topological polar surface area (TPSA) is 94.2 Å². The van der Waals surface area contributed by atoms with Crippen LogP contribution in [0, 0.1) is 0 Å². The Kier molecular flexibility index (Phi) is 4.85. The molecule has 0 aliphatic heterocycles. The van der Waals surface area contributed by atoms with Crippen LogP contribution in [0.1, 0.15) is 62.2 Å². The van der Waals surface area contributed by atoms with Crippen molar-refractivity contribution in [2.75, 3.05) is 5.32 Å². The third-order valence-corrected chi connectivity index (χ3v) is 4.72.